The molecule has 0 atom stereocenters. The lowest BCUT2D eigenvalue weighted by molar-refractivity contribution is 0.0996. The second-order valence-corrected chi connectivity index (χ2v) is 5.43. The van der Waals surface area contributed by atoms with Crippen molar-refractivity contribution >= 4 is 23.2 Å². The maximum Gasteiger partial charge on any atom is 0.252 e. The fraction of sp³-hybridized carbons (Fsp3) is 0.500. The van der Waals surface area contributed by atoms with E-state index in [0.717, 1.165) is 19.6 Å². The molecule has 1 aromatic rings. The van der Waals surface area contributed by atoms with Crippen LogP contribution in [0.15, 0.2) is 6.07 Å². The molecule has 0 saturated heterocycles. The third-order valence-corrected chi connectivity index (χ3v) is 3.98. The molecule has 1 aromatic carbocycles. The number of rotatable bonds is 9. The van der Waals surface area contributed by atoms with E-state index < -0.39 is 5.91 Å². The molecule has 0 spiro atoms. The summed E-state index contributed by atoms with van der Waals surface area (Å²) in [7, 11) is 0. The smallest absolute Gasteiger partial charge is 0.252 e. The van der Waals surface area contributed by atoms with Gasteiger partial charge in [0.2, 0.25) is 0 Å². The van der Waals surface area contributed by atoms with E-state index in [0.29, 0.717) is 23.4 Å². The third-order valence-electron chi connectivity index (χ3n) is 3.67. The first kappa shape index (κ1) is 19.1. The van der Waals surface area contributed by atoms with Gasteiger partial charge in [-0.3, -0.25) is 4.79 Å². The van der Waals surface area contributed by atoms with Crippen LogP contribution in [0.25, 0.3) is 0 Å². The van der Waals surface area contributed by atoms with E-state index in [1.54, 1.807) is 0 Å². The number of nitrogens with zero attached hydrogens (tertiary/aromatic N) is 2. The van der Waals surface area contributed by atoms with Crippen LogP contribution in [0.1, 0.15) is 36.2 Å². The van der Waals surface area contributed by atoms with E-state index in [-0.39, 0.29) is 23.6 Å². The van der Waals surface area contributed by atoms with Crippen LogP contribution in [0.2, 0.25) is 5.02 Å². The minimum Gasteiger partial charge on any atom is -0.491 e. The zero-order chi connectivity index (χ0) is 17.4. The van der Waals surface area contributed by atoms with Crippen molar-refractivity contribution in [2.75, 3.05) is 32.0 Å². The van der Waals surface area contributed by atoms with Crippen molar-refractivity contribution in [3.63, 3.8) is 0 Å². The third kappa shape index (κ3) is 5.02. The molecule has 6 nitrogen and oxygen atoms in total. The number of primary amides is 1. The Hall–Kier alpha value is -1.97. The summed E-state index contributed by atoms with van der Waals surface area (Å²) in [6.45, 7) is 6.88. The zero-order valence-corrected chi connectivity index (χ0v) is 14.3. The van der Waals surface area contributed by atoms with Crippen LogP contribution in [0.5, 0.6) is 5.75 Å². The highest BCUT2D eigenvalue weighted by Crippen LogP contribution is 2.35. The Morgan fingerprint density at radius 2 is 2.09 bits per heavy atom. The summed E-state index contributed by atoms with van der Waals surface area (Å²) in [6, 6.07) is 3.41. The molecule has 0 aromatic heterocycles. The van der Waals surface area contributed by atoms with Crippen LogP contribution in [0, 0.1) is 11.3 Å². The van der Waals surface area contributed by atoms with Crippen molar-refractivity contribution in [1.29, 1.82) is 5.26 Å². The lowest BCUT2D eigenvalue weighted by atomic mass is 10.0. The Morgan fingerprint density at radius 3 is 2.61 bits per heavy atom. The molecule has 0 heterocycles. The number of nitrogen functional groups attached to an aromatic ring is 1. The fourth-order valence-corrected chi connectivity index (χ4v) is 2.53. The maximum atomic E-state index is 11.7. The predicted octanol–water partition coefficient (Wildman–Crippen LogP) is 2.20. The topological polar surface area (TPSA) is 105 Å². The van der Waals surface area contributed by atoms with Crippen molar-refractivity contribution in [3.8, 4) is 11.8 Å². The minimum atomic E-state index is -0.636. The van der Waals surface area contributed by atoms with Gasteiger partial charge >= 0.3 is 0 Å². The number of nitriles is 1. The number of carbonyl (C=O) groups is 1. The van der Waals surface area contributed by atoms with Crippen molar-refractivity contribution < 1.29 is 9.53 Å². The number of halogens is 1. The van der Waals surface area contributed by atoms with E-state index in [1.807, 2.05) is 6.07 Å². The minimum absolute atomic E-state index is 0.163. The van der Waals surface area contributed by atoms with E-state index >= 15 is 0 Å². The number of hydrogen-bond donors (Lipinski definition) is 2. The standard InChI is InChI=1S/C16H23ClN4O2/c1-3-21(4-2)8-6-11-14(19)13(17)10-12(16(20)22)15(11)23-9-5-7-18/h10H,3-6,8-9,19H2,1-2H3,(H2,20,22). The van der Waals surface area contributed by atoms with Gasteiger partial charge in [-0.15, -0.1) is 0 Å². The molecular weight excluding hydrogens is 316 g/mol. The molecule has 1 rings (SSSR count). The fourth-order valence-electron chi connectivity index (χ4n) is 2.30. The lowest BCUT2D eigenvalue weighted by Crippen LogP contribution is -2.26. The molecular formula is C16H23ClN4O2. The normalized spacial score (nSPS) is 10.6. The van der Waals surface area contributed by atoms with E-state index in [1.165, 1.54) is 6.07 Å². The van der Waals surface area contributed by atoms with Gasteiger partial charge in [-0.05, 0) is 25.6 Å². The van der Waals surface area contributed by atoms with Gasteiger partial charge in [0.05, 0.1) is 28.8 Å². The van der Waals surface area contributed by atoms with Gasteiger partial charge in [-0.1, -0.05) is 25.4 Å². The van der Waals surface area contributed by atoms with Gasteiger partial charge in [-0.25, -0.2) is 0 Å². The predicted molar refractivity (Wildman–Crippen MR) is 91.6 cm³/mol. The Bertz CT molecular complexity index is 595. The van der Waals surface area contributed by atoms with Crippen LogP contribution >= 0.6 is 11.6 Å². The highest BCUT2D eigenvalue weighted by atomic mass is 35.5. The number of carbonyl (C=O) groups excluding carboxylic acids is 1. The van der Waals surface area contributed by atoms with Gasteiger partial charge < -0.3 is 21.1 Å². The molecule has 1 amide bonds. The molecule has 0 saturated carbocycles. The van der Waals surface area contributed by atoms with Crippen LogP contribution in [-0.2, 0) is 6.42 Å². The molecule has 0 aliphatic rings. The highest BCUT2D eigenvalue weighted by molar-refractivity contribution is 6.33. The Balaban J connectivity index is 3.21. The summed E-state index contributed by atoms with van der Waals surface area (Å²) in [5.41, 5.74) is 12.7. The zero-order valence-electron chi connectivity index (χ0n) is 13.6. The molecule has 4 N–H and O–H groups in total. The number of likely N-dealkylation sites (N-methyl/N-ethyl adjacent to an activating group) is 1. The van der Waals surface area contributed by atoms with Crippen molar-refractivity contribution in [2.45, 2.75) is 26.7 Å². The average molecular weight is 339 g/mol. The monoisotopic (exact) mass is 338 g/mol. The first-order chi connectivity index (χ1) is 11.0. The van der Waals surface area contributed by atoms with Crippen LogP contribution in [-0.4, -0.2) is 37.0 Å². The SMILES string of the molecule is CCN(CC)CCc1c(N)c(Cl)cc(C(N)=O)c1OCCC#N. The summed E-state index contributed by atoms with van der Waals surface area (Å²) in [4.78, 5) is 13.9. The first-order valence-electron chi connectivity index (χ1n) is 7.58. The molecule has 126 valence electrons. The Morgan fingerprint density at radius 1 is 1.43 bits per heavy atom. The molecule has 0 bridgehead atoms. The number of hydrogen-bond acceptors (Lipinski definition) is 5. The molecule has 0 unspecified atom stereocenters. The molecule has 7 heteroatoms. The van der Waals surface area contributed by atoms with Gasteiger partial charge in [-0.2, -0.15) is 5.26 Å². The quantitative estimate of drug-likeness (QED) is 0.530. The van der Waals surface area contributed by atoms with Crippen LogP contribution < -0.4 is 16.2 Å². The van der Waals surface area contributed by atoms with Gasteiger partial charge in [0.15, 0.2) is 0 Å². The largest absolute Gasteiger partial charge is 0.491 e. The maximum absolute atomic E-state index is 11.7. The molecule has 0 aliphatic carbocycles. The lowest BCUT2D eigenvalue weighted by Gasteiger charge is -2.21. The Labute approximate surface area is 141 Å². The molecule has 23 heavy (non-hydrogen) atoms. The number of amides is 1. The van der Waals surface area contributed by atoms with E-state index in [9.17, 15) is 4.79 Å². The number of benzene rings is 1. The second-order valence-electron chi connectivity index (χ2n) is 5.03. The summed E-state index contributed by atoms with van der Waals surface area (Å²) < 4.78 is 5.62. The van der Waals surface area contributed by atoms with Gasteiger partial charge in [0, 0.05) is 12.1 Å². The summed E-state index contributed by atoms with van der Waals surface area (Å²) in [5.74, 6) is -0.301. The molecule has 0 fully saturated rings. The number of nitrogens with two attached hydrogens (primary N) is 2. The average Bonchev–Trinajstić information content (AvgIpc) is 2.53. The van der Waals surface area contributed by atoms with Crippen molar-refractivity contribution in [3.05, 3.63) is 22.2 Å². The van der Waals surface area contributed by atoms with E-state index in [2.05, 4.69) is 18.7 Å². The molecule has 0 radical (unpaired) electrons. The van der Waals surface area contributed by atoms with Crippen LogP contribution in [0.4, 0.5) is 5.69 Å². The van der Waals surface area contributed by atoms with Crippen molar-refractivity contribution in [1.82, 2.24) is 4.90 Å². The van der Waals surface area contributed by atoms with Gasteiger partial charge in [0.1, 0.15) is 12.4 Å². The van der Waals surface area contributed by atoms with Gasteiger partial charge in [0.25, 0.3) is 5.91 Å². The van der Waals surface area contributed by atoms with Crippen LogP contribution in [0.3, 0.4) is 0 Å². The Kier molecular flexibility index (Phi) is 7.66. The summed E-state index contributed by atoms with van der Waals surface area (Å²) in [5, 5.41) is 8.94. The first-order valence-corrected chi connectivity index (χ1v) is 7.96. The second kappa shape index (κ2) is 9.23. The van der Waals surface area contributed by atoms with Crippen molar-refractivity contribution in [2.24, 2.45) is 5.73 Å². The highest BCUT2D eigenvalue weighted by Gasteiger charge is 2.20. The molecule has 0 aliphatic heterocycles. The van der Waals surface area contributed by atoms with E-state index in [4.69, 9.17) is 33.1 Å². The summed E-state index contributed by atoms with van der Waals surface area (Å²) >= 11 is 6.13. The number of ether oxygens (including phenoxy) is 1. The number of anilines is 1. The summed E-state index contributed by atoms with van der Waals surface area (Å²) in [6.07, 6.45) is 0.784.